The highest BCUT2D eigenvalue weighted by Gasteiger charge is 2.15. The summed E-state index contributed by atoms with van der Waals surface area (Å²) in [5.74, 6) is 5.14. The molecule has 0 saturated carbocycles. The zero-order valence-corrected chi connectivity index (χ0v) is 50.4. The van der Waals surface area contributed by atoms with Crippen molar-refractivity contribution in [1.82, 2.24) is 29.9 Å². The van der Waals surface area contributed by atoms with Crippen molar-refractivity contribution in [3.05, 3.63) is 107 Å². The lowest BCUT2D eigenvalue weighted by Gasteiger charge is -2.17. The van der Waals surface area contributed by atoms with E-state index in [-0.39, 0.29) is 0 Å². The van der Waals surface area contributed by atoms with E-state index in [4.69, 9.17) is 19.4 Å². The van der Waals surface area contributed by atoms with E-state index in [0.717, 1.165) is 125 Å². The van der Waals surface area contributed by atoms with Crippen molar-refractivity contribution in [2.45, 2.75) is 196 Å². The molecule has 1 aliphatic rings. The maximum absolute atomic E-state index is 5.72. The second-order valence-corrected chi connectivity index (χ2v) is 21.1. The number of aromatic nitrogens is 6. The first-order chi connectivity index (χ1) is 38.8. The molecule has 438 valence electrons. The van der Waals surface area contributed by atoms with E-state index in [0.29, 0.717) is 25.8 Å². The summed E-state index contributed by atoms with van der Waals surface area (Å²) in [6.07, 6.45) is 28.4. The van der Waals surface area contributed by atoms with E-state index in [1.54, 1.807) is 0 Å². The Bertz CT molecular complexity index is 2200. The van der Waals surface area contributed by atoms with Gasteiger partial charge >= 0.3 is 0 Å². The predicted octanol–water partition coefficient (Wildman–Crippen LogP) is 15.2. The minimum absolute atomic E-state index is 0.642. The van der Waals surface area contributed by atoms with Gasteiger partial charge in [0.05, 0.1) is 19.8 Å². The number of ether oxygens (including phenoxy) is 2. The van der Waals surface area contributed by atoms with Crippen LogP contribution in [0.5, 0.6) is 0 Å². The Kier molecular flexibility index (Phi) is 36.1. The molecule has 14 heteroatoms. The number of benzene rings is 2. The van der Waals surface area contributed by atoms with Crippen molar-refractivity contribution in [3.8, 4) is 0 Å². The standard InChI is InChI=1S/C27H52N4O2.C21H24N4.C17H30N4/c1-5-8-11-13-14-16-18-29-27-30-24(4)25(17-15-12-9-6-2)26(31-27)28-19-21-33-23-22-32-20-10-7-3;1-17-16-20(22-14-12-18-8-4-2-5-9-18)25-21(24-17)23-15-13-19-10-6-3-7-11-19;1-3-4-5-6-7-8-11-18-17-19-15(2)14-16(20-17)21-12-9-10-13-21/h5-23H2,1-4H3,(H2,28,29,30,31);2-11,16H,12-15H2,1H3,(H2,22,23,24,25);14H,3-13H2,1-2H3,(H,18,19,20). The molecule has 6 rings (SSSR count). The van der Waals surface area contributed by atoms with Crippen LogP contribution in [0.1, 0.15) is 190 Å². The number of unbranched alkanes of at least 4 members (excludes halogenated alkanes) is 14. The molecule has 0 aliphatic carbocycles. The highest BCUT2D eigenvalue weighted by atomic mass is 16.5. The minimum Gasteiger partial charge on any atom is -0.379 e. The Morgan fingerprint density at radius 1 is 0.418 bits per heavy atom. The van der Waals surface area contributed by atoms with Gasteiger partial charge < -0.3 is 41.0 Å². The van der Waals surface area contributed by atoms with E-state index in [9.17, 15) is 0 Å². The topological polar surface area (TPSA) is 159 Å². The van der Waals surface area contributed by atoms with Gasteiger partial charge in [-0.3, -0.25) is 0 Å². The lowest BCUT2D eigenvalue weighted by Crippen LogP contribution is -2.20. The molecule has 1 saturated heterocycles. The maximum Gasteiger partial charge on any atom is 0.224 e. The summed E-state index contributed by atoms with van der Waals surface area (Å²) >= 11 is 0. The number of hydrogen-bond acceptors (Lipinski definition) is 14. The molecule has 0 unspecified atom stereocenters. The van der Waals surface area contributed by atoms with Crippen LogP contribution >= 0.6 is 0 Å². The number of nitrogens with one attached hydrogen (secondary N) is 5. The molecule has 3 aromatic heterocycles. The fourth-order valence-corrected chi connectivity index (χ4v) is 9.29. The first-order valence-electron chi connectivity index (χ1n) is 31.1. The van der Waals surface area contributed by atoms with Crippen LogP contribution in [-0.4, -0.2) is 102 Å². The van der Waals surface area contributed by atoms with Crippen LogP contribution in [0.25, 0.3) is 0 Å². The Morgan fingerprint density at radius 2 is 0.911 bits per heavy atom. The second kappa shape index (κ2) is 43.2. The molecular formula is C65H106N12O2. The number of aryl methyl sites for hydroxylation is 3. The molecule has 0 atom stereocenters. The lowest BCUT2D eigenvalue weighted by molar-refractivity contribution is 0.0505. The molecule has 5 aromatic rings. The molecule has 0 bridgehead atoms. The van der Waals surface area contributed by atoms with Gasteiger partial charge in [-0.05, 0) is 89.7 Å². The van der Waals surface area contributed by atoms with E-state index in [1.807, 2.05) is 25.1 Å². The third-order valence-electron chi connectivity index (χ3n) is 13.9. The first kappa shape index (κ1) is 65.9. The van der Waals surface area contributed by atoms with Gasteiger partial charge in [0.25, 0.3) is 0 Å². The zero-order chi connectivity index (χ0) is 56.2. The molecule has 1 fully saturated rings. The predicted molar refractivity (Wildman–Crippen MR) is 336 cm³/mol. The molecule has 1 aliphatic heterocycles. The van der Waals surface area contributed by atoms with Gasteiger partial charge in [-0.2, -0.15) is 15.0 Å². The van der Waals surface area contributed by atoms with Crippen LogP contribution in [-0.2, 0) is 28.7 Å². The lowest BCUT2D eigenvalue weighted by atomic mass is 10.1. The first-order valence-corrected chi connectivity index (χ1v) is 31.1. The van der Waals surface area contributed by atoms with Crippen molar-refractivity contribution in [1.29, 1.82) is 0 Å². The van der Waals surface area contributed by atoms with Crippen molar-refractivity contribution in [2.24, 2.45) is 0 Å². The molecule has 2 aromatic carbocycles. The van der Waals surface area contributed by atoms with Crippen LogP contribution < -0.4 is 31.5 Å². The molecule has 79 heavy (non-hydrogen) atoms. The van der Waals surface area contributed by atoms with E-state index < -0.39 is 0 Å². The van der Waals surface area contributed by atoms with Crippen LogP contribution in [0.3, 0.4) is 0 Å². The Hall–Kier alpha value is -5.60. The highest BCUT2D eigenvalue weighted by molar-refractivity contribution is 5.51. The third-order valence-corrected chi connectivity index (χ3v) is 13.9. The maximum atomic E-state index is 5.72. The SMILES string of the molecule is CCCCCCCCNc1nc(C)c(CCCCCC)c(NCCOCCOCCCC)n1.CCCCCCCCNc1nc(C)cc(N2CCCC2)n1.Cc1cc(NCCc2ccccc2)nc(NCCc2ccccc2)n1. The summed E-state index contributed by atoms with van der Waals surface area (Å²) < 4.78 is 11.3. The fourth-order valence-electron chi connectivity index (χ4n) is 9.29. The summed E-state index contributed by atoms with van der Waals surface area (Å²) in [5.41, 5.74) is 6.97. The molecule has 0 radical (unpaired) electrons. The van der Waals surface area contributed by atoms with Crippen molar-refractivity contribution >= 4 is 35.3 Å². The molecule has 5 N–H and O–H groups in total. The van der Waals surface area contributed by atoms with E-state index in [1.165, 1.54) is 139 Å². The Labute approximate surface area is 479 Å². The molecule has 14 nitrogen and oxygen atoms in total. The molecule has 4 heterocycles. The molecule has 0 amide bonds. The van der Waals surface area contributed by atoms with Gasteiger partial charge in [0.2, 0.25) is 17.8 Å². The van der Waals surface area contributed by atoms with Gasteiger partial charge in [-0.25, -0.2) is 15.0 Å². The summed E-state index contributed by atoms with van der Waals surface area (Å²) in [6.45, 7) is 24.5. The van der Waals surface area contributed by atoms with Crippen LogP contribution in [0.2, 0.25) is 0 Å². The van der Waals surface area contributed by atoms with Crippen LogP contribution in [0, 0.1) is 20.8 Å². The summed E-state index contributed by atoms with van der Waals surface area (Å²) in [5, 5.41) is 17.1. The average molecular weight is 1090 g/mol. The van der Waals surface area contributed by atoms with Crippen molar-refractivity contribution < 1.29 is 9.47 Å². The normalized spacial score (nSPS) is 11.9. The average Bonchev–Trinajstić information content (AvgIpc) is 4.01. The Balaban J connectivity index is 0.000000262. The molecule has 0 spiro atoms. The number of anilines is 6. The summed E-state index contributed by atoms with van der Waals surface area (Å²) in [6, 6.07) is 25.0. The summed E-state index contributed by atoms with van der Waals surface area (Å²) in [7, 11) is 0. The van der Waals surface area contributed by atoms with E-state index >= 15 is 0 Å². The van der Waals surface area contributed by atoms with E-state index in [2.05, 4.69) is 148 Å². The number of rotatable bonds is 40. The van der Waals surface area contributed by atoms with Gasteiger partial charge in [0, 0.05) is 87.2 Å². The molecular weight excluding hydrogens is 981 g/mol. The number of hydrogen-bond donors (Lipinski definition) is 5. The summed E-state index contributed by atoms with van der Waals surface area (Å²) in [4.78, 5) is 30.2. The smallest absolute Gasteiger partial charge is 0.224 e. The van der Waals surface area contributed by atoms with Gasteiger partial charge in [0.1, 0.15) is 17.5 Å². The quantitative estimate of drug-likeness (QED) is 0.0236. The number of nitrogens with zero attached hydrogens (tertiary/aromatic N) is 7. The van der Waals surface area contributed by atoms with Crippen LogP contribution in [0.15, 0.2) is 72.8 Å². The van der Waals surface area contributed by atoms with Crippen molar-refractivity contribution in [3.63, 3.8) is 0 Å². The second-order valence-electron chi connectivity index (χ2n) is 21.1. The van der Waals surface area contributed by atoms with Gasteiger partial charge in [-0.15, -0.1) is 0 Å². The largest absolute Gasteiger partial charge is 0.379 e. The zero-order valence-electron chi connectivity index (χ0n) is 50.4. The van der Waals surface area contributed by atoms with Crippen molar-refractivity contribution in [2.75, 3.05) is 104 Å². The Morgan fingerprint density at radius 3 is 1.51 bits per heavy atom. The minimum atomic E-state index is 0.642. The highest BCUT2D eigenvalue weighted by Crippen LogP contribution is 2.23. The van der Waals surface area contributed by atoms with Gasteiger partial charge in [-0.1, -0.05) is 178 Å². The van der Waals surface area contributed by atoms with Gasteiger partial charge in [0.15, 0.2) is 0 Å². The third kappa shape index (κ3) is 30.5. The van der Waals surface area contributed by atoms with Crippen LogP contribution in [0.4, 0.5) is 35.3 Å². The fraction of sp³-hybridized carbons (Fsp3) is 0.631. The monoisotopic (exact) mass is 1090 g/mol.